The lowest BCUT2D eigenvalue weighted by Crippen LogP contribution is -2.46. The summed E-state index contributed by atoms with van der Waals surface area (Å²) in [6, 6.07) is 10.9. The van der Waals surface area contributed by atoms with Crippen molar-refractivity contribution in [2.75, 3.05) is 45.3 Å². The van der Waals surface area contributed by atoms with Crippen LogP contribution in [-0.4, -0.2) is 45.3 Å². The zero-order chi connectivity index (χ0) is 17.8. The van der Waals surface area contributed by atoms with E-state index < -0.39 is 0 Å². The van der Waals surface area contributed by atoms with E-state index in [9.17, 15) is 4.39 Å². The highest BCUT2D eigenvalue weighted by Crippen LogP contribution is 2.34. The van der Waals surface area contributed by atoms with Crippen molar-refractivity contribution in [3.63, 3.8) is 0 Å². The van der Waals surface area contributed by atoms with Crippen LogP contribution < -0.4 is 14.4 Å². The van der Waals surface area contributed by atoms with Crippen LogP contribution in [0.3, 0.4) is 0 Å². The first-order valence-corrected chi connectivity index (χ1v) is 9.04. The molecule has 0 atom stereocenters. The van der Waals surface area contributed by atoms with Gasteiger partial charge in [0.2, 0.25) is 0 Å². The second-order valence-electron chi connectivity index (χ2n) is 6.01. The molecule has 2 aromatic rings. The summed E-state index contributed by atoms with van der Waals surface area (Å²) in [6.07, 6.45) is 0. The highest BCUT2D eigenvalue weighted by atomic mass is 79.9. The highest BCUT2D eigenvalue weighted by molar-refractivity contribution is 9.10. The van der Waals surface area contributed by atoms with E-state index in [-0.39, 0.29) is 5.82 Å². The Morgan fingerprint density at radius 2 is 1.64 bits per heavy atom. The van der Waals surface area contributed by atoms with Gasteiger partial charge in [-0.3, -0.25) is 4.90 Å². The zero-order valence-electron chi connectivity index (χ0n) is 14.5. The summed E-state index contributed by atoms with van der Waals surface area (Å²) in [4.78, 5) is 4.47. The third-order valence-corrected chi connectivity index (χ3v) is 5.25. The van der Waals surface area contributed by atoms with Crippen molar-refractivity contribution in [3.05, 3.63) is 52.3 Å². The van der Waals surface area contributed by atoms with Crippen LogP contribution in [-0.2, 0) is 6.54 Å². The fraction of sp³-hybridized carbons (Fsp3) is 0.368. The van der Waals surface area contributed by atoms with Crippen molar-refractivity contribution in [1.82, 2.24) is 4.90 Å². The Balaban J connectivity index is 1.65. The molecule has 0 N–H and O–H groups in total. The van der Waals surface area contributed by atoms with Crippen molar-refractivity contribution >= 4 is 21.6 Å². The number of para-hydroxylation sites is 1. The number of piperazine rings is 1. The van der Waals surface area contributed by atoms with E-state index in [1.54, 1.807) is 20.3 Å². The Bertz CT molecular complexity index is 733. The van der Waals surface area contributed by atoms with Gasteiger partial charge in [0.1, 0.15) is 5.82 Å². The topological polar surface area (TPSA) is 24.9 Å². The molecule has 0 unspecified atom stereocenters. The number of anilines is 1. The van der Waals surface area contributed by atoms with Crippen LogP contribution in [0.1, 0.15) is 5.56 Å². The first-order valence-electron chi connectivity index (χ1n) is 8.24. The third-order valence-electron chi connectivity index (χ3n) is 4.51. The van der Waals surface area contributed by atoms with Crippen molar-refractivity contribution in [2.24, 2.45) is 0 Å². The van der Waals surface area contributed by atoms with Gasteiger partial charge in [-0.15, -0.1) is 0 Å². The number of halogens is 2. The van der Waals surface area contributed by atoms with Crippen molar-refractivity contribution < 1.29 is 13.9 Å². The lowest BCUT2D eigenvalue weighted by Gasteiger charge is -2.36. The first kappa shape index (κ1) is 18.0. The van der Waals surface area contributed by atoms with Crippen LogP contribution in [0.15, 0.2) is 40.9 Å². The van der Waals surface area contributed by atoms with Gasteiger partial charge in [-0.05, 0) is 29.8 Å². The van der Waals surface area contributed by atoms with Gasteiger partial charge in [0.05, 0.1) is 19.9 Å². The maximum Gasteiger partial charge on any atom is 0.161 e. The maximum absolute atomic E-state index is 13.9. The van der Waals surface area contributed by atoms with E-state index in [1.807, 2.05) is 24.3 Å². The molecule has 0 aromatic heterocycles. The summed E-state index contributed by atoms with van der Waals surface area (Å²) in [5.41, 5.74) is 1.84. The lowest BCUT2D eigenvalue weighted by atomic mass is 10.1. The molecule has 0 amide bonds. The largest absolute Gasteiger partial charge is 0.493 e. The molecule has 0 spiro atoms. The van der Waals surface area contributed by atoms with Gasteiger partial charge in [-0.2, -0.15) is 0 Å². The Hall–Kier alpha value is -1.79. The minimum absolute atomic E-state index is 0.154. The van der Waals surface area contributed by atoms with Crippen LogP contribution in [0.2, 0.25) is 0 Å². The molecule has 1 fully saturated rings. The molecule has 1 heterocycles. The van der Waals surface area contributed by atoms with Crippen molar-refractivity contribution in [3.8, 4) is 11.5 Å². The molecule has 2 aromatic carbocycles. The fourth-order valence-corrected chi connectivity index (χ4v) is 3.56. The van der Waals surface area contributed by atoms with Crippen molar-refractivity contribution in [2.45, 2.75) is 6.54 Å². The number of methoxy groups -OCH3 is 2. The monoisotopic (exact) mass is 408 g/mol. The van der Waals surface area contributed by atoms with Crippen LogP contribution in [0, 0.1) is 5.82 Å². The second-order valence-corrected chi connectivity index (χ2v) is 6.87. The first-order chi connectivity index (χ1) is 12.1. The fourth-order valence-electron chi connectivity index (χ4n) is 3.11. The average molecular weight is 409 g/mol. The van der Waals surface area contributed by atoms with E-state index in [2.05, 4.69) is 25.7 Å². The van der Waals surface area contributed by atoms with Gasteiger partial charge in [-0.25, -0.2) is 4.39 Å². The highest BCUT2D eigenvalue weighted by Gasteiger charge is 2.20. The minimum atomic E-state index is -0.154. The number of benzene rings is 2. The van der Waals surface area contributed by atoms with Gasteiger partial charge >= 0.3 is 0 Å². The average Bonchev–Trinajstić information content (AvgIpc) is 2.64. The smallest absolute Gasteiger partial charge is 0.161 e. The Morgan fingerprint density at radius 3 is 2.28 bits per heavy atom. The van der Waals surface area contributed by atoms with E-state index in [0.717, 1.165) is 48.5 Å². The number of ether oxygens (including phenoxy) is 2. The SMILES string of the molecule is COc1cc(Br)c(CN2CCN(c3ccccc3F)CC2)cc1OC. The molecule has 3 rings (SSSR count). The quantitative estimate of drug-likeness (QED) is 0.748. The molecule has 6 heteroatoms. The molecule has 4 nitrogen and oxygen atoms in total. The van der Waals surface area contributed by atoms with Crippen LogP contribution in [0.5, 0.6) is 11.5 Å². The molecule has 1 aliphatic rings. The van der Waals surface area contributed by atoms with Gasteiger partial charge in [0.15, 0.2) is 11.5 Å². The molecular formula is C19H22BrFN2O2. The van der Waals surface area contributed by atoms with Gasteiger partial charge in [0, 0.05) is 37.2 Å². The van der Waals surface area contributed by atoms with E-state index in [1.165, 1.54) is 6.07 Å². The molecule has 0 bridgehead atoms. The Labute approximate surface area is 156 Å². The van der Waals surface area contributed by atoms with Crippen LogP contribution in [0.25, 0.3) is 0 Å². The number of hydrogen-bond acceptors (Lipinski definition) is 4. The number of nitrogens with zero attached hydrogens (tertiary/aromatic N) is 2. The summed E-state index contributed by atoms with van der Waals surface area (Å²) >= 11 is 3.61. The Kier molecular flexibility index (Phi) is 5.81. The van der Waals surface area contributed by atoms with E-state index in [0.29, 0.717) is 11.4 Å². The summed E-state index contributed by atoms with van der Waals surface area (Å²) in [5, 5.41) is 0. The van der Waals surface area contributed by atoms with E-state index in [4.69, 9.17) is 9.47 Å². The maximum atomic E-state index is 13.9. The van der Waals surface area contributed by atoms with Crippen LogP contribution in [0.4, 0.5) is 10.1 Å². The predicted molar refractivity (Wildman–Crippen MR) is 101 cm³/mol. The number of hydrogen-bond donors (Lipinski definition) is 0. The van der Waals surface area contributed by atoms with Gasteiger partial charge in [0.25, 0.3) is 0 Å². The summed E-state index contributed by atoms with van der Waals surface area (Å²) < 4.78 is 25.7. The third kappa shape index (κ3) is 4.07. The molecule has 1 aliphatic heterocycles. The van der Waals surface area contributed by atoms with Gasteiger partial charge in [-0.1, -0.05) is 28.1 Å². The summed E-state index contributed by atoms with van der Waals surface area (Å²) in [6.45, 7) is 4.20. The zero-order valence-corrected chi connectivity index (χ0v) is 16.1. The molecule has 1 saturated heterocycles. The predicted octanol–water partition coefficient (Wildman–Crippen LogP) is 3.93. The molecular weight excluding hydrogens is 387 g/mol. The normalized spacial score (nSPS) is 15.3. The van der Waals surface area contributed by atoms with Gasteiger partial charge < -0.3 is 14.4 Å². The molecule has 0 saturated carbocycles. The summed E-state index contributed by atoms with van der Waals surface area (Å²) in [7, 11) is 3.27. The summed E-state index contributed by atoms with van der Waals surface area (Å²) in [5.74, 6) is 1.28. The Morgan fingerprint density at radius 1 is 1.00 bits per heavy atom. The van der Waals surface area contributed by atoms with E-state index >= 15 is 0 Å². The lowest BCUT2D eigenvalue weighted by molar-refractivity contribution is 0.248. The standard InChI is InChI=1S/C19H22BrFN2O2/c1-24-18-11-14(15(20)12-19(18)25-2)13-22-7-9-23(10-8-22)17-6-4-3-5-16(17)21/h3-6,11-12H,7-10,13H2,1-2H3. The van der Waals surface area contributed by atoms with Crippen molar-refractivity contribution in [1.29, 1.82) is 0 Å². The minimum Gasteiger partial charge on any atom is -0.493 e. The number of rotatable bonds is 5. The molecule has 25 heavy (non-hydrogen) atoms. The molecule has 0 radical (unpaired) electrons. The van der Waals surface area contributed by atoms with Crippen LogP contribution >= 0.6 is 15.9 Å². The molecule has 0 aliphatic carbocycles. The second kappa shape index (κ2) is 8.06. The molecule has 134 valence electrons.